The molecule has 6 rings (SSSR count). The van der Waals surface area contributed by atoms with Crippen molar-refractivity contribution in [2.24, 2.45) is 23.7 Å². The second kappa shape index (κ2) is 51.9. The van der Waals surface area contributed by atoms with Gasteiger partial charge in [0.2, 0.25) is 41.4 Å². The van der Waals surface area contributed by atoms with Gasteiger partial charge in [-0.2, -0.15) is 0 Å². The Morgan fingerprint density at radius 1 is 0.469 bits per heavy atom. The van der Waals surface area contributed by atoms with Crippen LogP contribution in [-0.4, -0.2) is 237 Å². The summed E-state index contributed by atoms with van der Waals surface area (Å²) in [6.45, 7) is 28.6. The molecule has 0 saturated carbocycles. The Bertz CT molecular complexity index is 4530. The first-order valence-corrected chi connectivity index (χ1v) is 48.2. The minimum Gasteiger partial charge on any atom is -0.480 e. The fourth-order valence-electron chi connectivity index (χ4n) is 14.4. The molecule has 0 spiro atoms. The average molecular weight is 1840 g/mol. The highest BCUT2D eigenvalue weighted by molar-refractivity contribution is 8.77. The van der Waals surface area contributed by atoms with Crippen LogP contribution >= 0.6 is 43.2 Å². The van der Waals surface area contributed by atoms with Crippen molar-refractivity contribution < 1.29 is 86.4 Å². The molecule has 12 atom stereocenters. The van der Waals surface area contributed by atoms with E-state index in [1.165, 1.54) is 120 Å². The first kappa shape index (κ1) is 107. The number of unbranched alkanes of at least 4 members (excludes halogenated alkanes) is 1. The van der Waals surface area contributed by atoms with Crippen molar-refractivity contribution >= 4 is 126 Å². The van der Waals surface area contributed by atoms with Crippen LogP contribution in [0.3, 0.4) is 0 Å². The zero-order chi connectivity index (χ0) is 94.9. The van der Waals surface area contributed by atoms with Crippen molar-refractivity contribution in [2.45, 2.75) is 237 Å². The standard InChI is InChI=1S/C96H132N10O18S4/c1-20-48-122-93(120)102-77(57-125-127-95(10,11)12)85(111)97-47-35-34-42-68(84(110)100-75(49-59(2)3)89(115)104(17)64(9)88(114)105(18)78(50-60(4)5)81(108)51-61(6)87(113)106(19)79(54-67-40-28-23-29-41-67)90(116)103(16)63(8)83(109)98-62(7)91(117)118)55-80(107)74(52-65-36-24-21-25-37-65)99-86(112)82(58-126-128-96(13,14)15)124-92(119)76(53-66-38-26-22-27-39-66)101-94(121)123-56-73-71-45-32-30-43-69(71)70-44-31-33-46-72(70)73/h20-33,36-41,43-46,59-64,68,73-79,82H,1,34-35,42,47-58H2,2-19H3,(H,97,111)(H,98,109)(H,99,112)(H,100,110)(H,101,121)(H,102,120)(H,117,118)/t61-,62+,63+,64+,68-,74+,75+,76+,77+,78+,79+,82?/m1/s1. The third kappa shape index (κ3) is 34.4. The summed E-state index contributed by atoms with van der Waals surface area (Å²) in [6, 6.07) is 31.3. The maximum atomic E-state index is 15.6. The summed E-state index contributed by atoms with van der Waals surface area (Å²) in [6.07, 6.45) is -2.36. The van der Waals surface area contributed by atoms with E-state index in [1.54, 1.807) is 91.0 Å². The van der Waals surface area contributed by atoms with E-state index >= 15 is 24.0 Å². The minimum atomic E-state index is -1.58. The number of carbonyl (C=O) groups excluding carboxylic acids is 13. The van der Waals surface area contributed by atoms with Crippen molar-refractivity contribution in [2.75, 3.05) is 59.5 Å². The Morgan fingerprint density at radius 2 is 0.953 bits per heavy atom. The first-order valence-electron chi connectivity index (χ1n) is 43.5. The molecule has 0 heterocycles. The monoisotopic (exact) mass is 1840 g/mol. The molecule has 7 N–H and O–H groups in total. The number of hydrogen-bond acceptors (Lipinski definition) is 21. The van der Waals surface area contributed by atoms with Gasteiger partial charge in [0.25, 0.3) is 5.91 Å². The lowest BCUT2D eigenvalue weighted by molar-refractivity contribution is -0.156. The number of nitrogens with one attached hydrogen (secondary N) is 6. The second-order valence-electron chi connectivity index (χ2n) is 35.4. The summed E-state index contributed by atoms with van der Waals surface area (Å²) in [5.74, 6) is -11.7. The number of nitrogens with zero attached hydrogens (tertiary/aromatic N) is 4. The van der Waals surface area contributed by atoms with E-state index in [-0.39, 0.29) is 116 Å². The number of aliphatic carboxylic acids is 1. The molecule has 128 heavy (non-hydrogen) atoms. The third-order valence-corrected chi connectivity index (χ3v) is 28.3. The van der Waals surface area contributed by atoms with Crippen molar-refractivity contribution in [3.63, 3.8) is 0 Å². The maximum Gasteiger partial charge on any atom is 0.408 e. The number of carbonyl (C=O) groups is 14. The fraction of sp³-hybridized carbons (Fsp3) is 0.521. The molecule has 0 fully saturated rings. The van der Waals surface area contributed by atoms with Crippen LogP contribution < -0.4 is 31.9 Å². The summed E-state index contributed by atoms with van der Waals surface area (Å²) in [7, 11) is 11.2. The molecule has 28 nitrogen and oxygen atoms in total. The zero-order valence-electron chi connectivity index (χ0n) is 77.1. The Kier molecular flexibility index (Phi) is 43.2. The van der Waals surface area contributed by atoms with Gasteiger partial charge in [-0.05, 0) is 104 Å². The normalized spacial score (nSPS) is 14.7. The van der Waals surface area contributed by atoms with Crippen LogP contribution in [0.1, 0.15) is 176 Å². The summed E-state index contributed by atoms with van der Waals surface area (Å²) in [4.78, 5) is 206. The highest BCUT2D eigenvalue weighted by atomic mass is 33.1. The number of hydrogen-bond donors (Lipinski definition) is 7. The van der Waals surface area contributed by atoms with Crippen LogP contribution in [0.4, 0.5) is 9.59 Å². The van der Waals surface area contributed by atoms with E-state index in [2.05, 4.69) is 38.5 Å². The smallest absolute Gasteiger partial charge is 0.408 e. The number of rotatable bonds is 51. The molecule has 0 aromatic heterocycles. The number of carboxylic acids is 1. The minimum absolute atomic E-state index is 0.0122. The quantitative estimate of drug-likeness (QED) is 0.00625. The molecule has 10 amide bonds. The molecule has 1 unspecified atom stereocenters. The van der Waals surface area contributed by atoms with Gasteiger partial charge < -0.3 is 70.8 Å². The number of alkyl carbamates (subject to hydrolysis) is 2. The molecule has 5 aromatic carbocycles. The third-order valence-electron chi connectivity index (χ3n) is 21.7. The Morgan fingerprint density at radius 3 is 1.48 bits per heavy atom. The largest absolute Gasteiger partial charge is 0.480 e. The lowest BCUT2D eigenvalue weighted by Crippen LogP contribution is -2.57. The number of amides is 10. The molecule has 1 aliphatic carbocycles. The topological polar surface area (TPSA) is 372 Å². The van der Waals surface area contributed by atoms with Crippen LogP contribution in [0.15, 0.2) is 152 Å². The number of ketones is 2. The van der Waals surface area contributed by atoms with Gasteiger partial charge in [0.15, 0.2) is 17.7 Å². The van der Waals surface area contributed by atoms with E-state index < -0.39 is 162 Å². The SMILES string of the molecule is C=CCOC(=O)N[C@@H](CSSC(C)(C)C)C(=O)NCCCC[C@H](CC(=O)[C@H](Cc1ccccc1)NC(=O)C(CSSC(C)(C)C)OC(=O)[C@H](Cc1ccccc1)NC(=O)OCC1c2ccccc2-c2ccccc21)C(=O)N[C@@H](CC(C)C)C(=O)N(C)[C@@H](C)C(=O)N(C)[C@@H](CC(C)C)C(=O)C[C@@H](C)C(=O)N(C)[C@@H](Cc1ccccc1)C(=O)N(C)[C@@H](C)C(=O)N[C@@H](C)C(=O)O. The van der Waals surface area contributed by atoms with Gasteiger partial charge in [-0.1, -0.05) is 278 Å². The van der Waals surface area contributed by atoms with Crippen LogP contribution in [0.2, 0.25) is 0 Å². The number of fused-ring (bicyclic) bond motifs is 3. The molecule has 1 aliphatic rings. The van der Waals surface area contributed by atoms with Crippen LogP contribution in [0, 0.1) is 23.7 Å². The number of ether oxygens (including phenoxy) is 3. The van der Waals surface area contributed by atoms with Gasteiger partial charge >= 0.3 is 24.1 Å². The highest BCUT2D eigenvalue weighted by Gasteiger charge is 2.42. The van der Waals surface area contributed by atoms with E-state index in [4.69, 9.17) is 14.2 Å². The Labute approximate surface area is 770 Å². The van der Waals surface area contributed by atoms with Crippen molar-refractivity contribution in [1.82, 2.24) is 51.5 Å². The number of benzene rings is 5. The molecule has 698 valence electrons. The summed E-state index contributed by atoms with van der Waals surface area (Å²) in [5.41, 5.74) is 5.95. The number of likely N-dealkylation sites (N-methyl/N-ethyl adjacent to an activating group) is 4. The van der Waals surface area contributed by atoms with Crippen LogP contribution in [0.5, 0.6) is 0 Å². The summed E-state index contributed by atoms with van der Waals surface area (Å²) < 4.78 is 16.8. The van der Waals surface area contributed by atoms with Crippen molar-refractivity contribution in [3.8, 4) is 11.1 Å². The summed E-state index contributed by atoms with van der Waals surface area (Å²) in [5, 5.41) is 26.0. The predicted molar refractivity (Wildman–Crippen MR) is 505 cm³/mol. The summed E-state index contributed by atoms with van der Waals surface area (Å²) >= 11 is 0. The van der Waals surface area contributed by atoms with E-state index in [9.17, 15) is 48.3 Å². The lowest BCUT2D eigenvalue weighted by atomic mass is 9.90. The molecule has 0 aliphatic heterocycles. The van der Waals surface area contributed by atoms with E-state index in [1.807, 2.05) is 118 Å². The molecule has 0 radical (unpaired) electrons. The van der Waals surface area contributed by atoms with Crippen LogP contribution in [0.25, 0.3) is 11.1 Å². The van der Waals surface area contributed by atoms with Gasteiger partial charge in [-0.15, -0.1) is 0 Å². The van der Waals surface area contributed by atoms with Gasteiger partial charge in [0.05, 0.1) is 17.8 Å². The second-order valence-corrected chi connectivity index (χ2v) is 41.8. The maximum absolute atomic E-state index is 15.6. The molecule has 0 saturated heterocycles. The van der Waals surface area contributed by atoms with Gasteiger partial charge in [0, 0.05) is 93.4 Å². The fourth-order valence-corrected chi connectivity index (χ4v) is 19.3. The van der Waals surface area contributed by atoms with Crippen molar-refractivity contribution in [3.05, 3.63) is 180 Å². The Hall–Kier alpha value is -10.2. The molecular formula is C96H132N10O18S4. The number of Topliss-reactive ketones (excluding diaryl/α,β-unsaturated/α-hetero) is 2. The van der Waals surface area contributed by atoms with Crippen molar-refractivity contribution in [1.29, 1.82) is 0 Å². The average Bonchev–Trinajstić information content (AvgIpc) is 1.61. The number of carboxylic acid groups (broad SMARTS) is 1. The van der Waals surface area contributed by atoms with E-state index in [0.717, 1.165) is 27.2 Å². The lowest BCUT2D eigenvalue weighted by Gasteiger charge is -2.36. The molecule has 5 aromatic rings. The Balaban J connectivity index is 1.28. The predicted octanol–water partition coefficient (Wildman–Crippen LogP) is 12.6. The van der Waals surface area contributed by atoms with Gasteiger partial charge in [0.1, 0.15) is 55.5 Å². The molecule has 0 bridgehead atoms. The van der Waals surface area contributed by atoms with Gasteiger partial charge in [-0.3, -0.25) is 52.7 Å². The van der Waals surface area contributed by atoms with Gasteiger partial charge in [-0.25, -0.2) is 14.4 Å². The highest BCUT2D eigenvalue weighted by Crippen LogP contribution is 2.45. The molecular weight excluding hydrogens is 1710 g/mol. The van der Waals surface area contributed by atoms with Crippen LogP contribution in [-0.2, 0) is 91.0 Å². The first-order chi connectivity index (χ1) is 60.4. The number of esters is 1. The zero-order valence-corrected chi connectivity index (χ0v) is 80.4. The molecule has 32 heteroatoms. The van der Waals surface area contributed by atoms with E-state index in [0.29, 0.717) is 16.7 Å².